The molecular weight excluding hydrogens is 288 g/mol. The van der Waals surface area contributed by atoms with E-state index in [1.807, 2.05) is 22.9 Å². The standard InChI is InChI=1S/C15H16N2O3S/c1-2-15(18)17-21(19,20)14-8-6-11(7-9-14)12-4-3-5-13(16)10-12/h3-10H,2,16H2,1H3,(H,17,18). The first-order valence-electron chi connectivity index (χ1n) is 6.44. The number of rotatable bonds is 4. The summed E-state index contributed by atoms with van der Waals surface area (Å²) in [6.45, 7) is 1.59. The Bertz CT molecular complexity index is 753. The fourth-order valence-electron chi connectivity index (χ4n) is 1.83. The van der Waals surface area contributed by atoms with Gasteiger partial charge in [-0.3, -0.25) is 4.79 Å². The number of nitrogens with two attached hydrogens (primary N) is 1. The smallest absolute Gasteiger partial charge is 0.264 e. The van der Waals surface area contributed by atoms with Crippen LogP contribution in [0, 0.1) is 0 Å². The van der Waals surface area contributed by atoms with Crippen LogP contribution in [0.5, 0.6) is 0 Å². The molecule has 1 amide bonds. The van der Waals surface area contributed by atoms with E-state index in [0.717, 1.165) is 11.1 Å². The highest BCUT2D eigenvalue weighted by molar-refractivity contribution is 7.90. The van der Waals surface area contributed by atoms with Crippen molar-refractivity contribution >= 4 is 21.6 Å². The van der Waals surface area contributed by atoms with Crippen molar-refractivity contribution in [1.82, 2.24) is 4.72 Å². The first-order chi connectivity index (χ1) is 9.92. The van der Waals surface area contributed by atoms with Crippen LogP contribution in [0.2, 0.25) is 0 Å². The Balaban J connectivity index is 2.29. The summed E-state index contributed by atoms with van der Waals surface area (Å²) in [6.07, 6.45) is 0.112. The van der Waals surface area contributed by atoms with Gasteiger partial charge in [0.1, 0.15) is 0 Å². The number of nitrogens with one attached hydrogen (secondary N) is 1. The van der Waals surface area contributed by atoms with Crippen LogP contribution in [0.4, 0.5) is 5.69 Å². The third kappa shape index (κ3) is 3.61. The van der Waals surface area contributed by atoms with Gasteiger partial charge in [0.15, 0.2) is 0 Å². The van der Waals surface area contributed by atoms with Gasteiger partial charge in [-0.05, 0) is 35.4 Å². The fourth-order valence-corrected chi connectivity index (χ4v) is 2.88. The van der Waals surface area contributed by atoms with Gasteiger partial charge in [0.2, 0.25) is 5.91 Å². The zero-order valence-corrected chi connectivity index (χ0v) is 12.4. The van der Waals surface area contributed by atoms with E-state index in [0.29, 0.717) is 5.69 Å². The van der Waals surface area contributed by atoms with Crippen LogP contribution in [0.1, 0.15) is 13.3 Å². The van der Waals surface area contributed by atoms with Gasteiger partial charge in [0, 0.05) is 12.1 Å². The Labute approximate surface area is 123 Å². The first kappa shape index (κ1) is 15.1. The van der Waals surface area contributed by atoms with Crippen LogP contribution >= 0.6 is 0 Å². The Morgan fingerprint density at radius 1 is 1.10 bits per heavy atom. The quantitative estimate of drug-likeness (QED) is 0.847. The SMILES string of the molecule is CCC(=O)NS(=O)(=O)c1ccc(-c2cccc(N)c2)cc1. The van der Waals surface area contributed by atoms with E-state index in [-0.39, 0.29) is 11.3 Å². The summed E-state index contributed by atoms with van der Waals surface area (Å²) in [4.78, 5) is 11.3. The third-order valence-electron chi connectivity index (χ3n) is 2.95. The normalized spacial score (nSPS) is 11.1. The van der Waals surface area contributed by atoms with E-state index in [1.165, 1.54) is 12.1 Å². The Morgan fingerprint density at radius 2 is 1.76 bits per heavy atom. The molecular formula is C15H16N2O3S. The number of nitrogen functional groups attached to an aromatic ring is 1. The molecule has 0 saturated carbocycles. The highest BCUT2D eigenvalue weighted by Gasteiger charge is 2.16. The average molecular weight is 304 g/mol. The van der Waals surface area contributed by atoms with E-state index in [4.69, 9.17) is 5.73 Å². The number of amides is 1. The van der Waals surface area contributed by atoms with Crippen LogP contribution in [0.15, 0.2) is 53.4 Å². The molecule has 0 heterocycles. The molecule has 6 heteroatoms. The van der Waals surface area contributed by atoms with Gasteiger partial charge < -0.3 is 5.73 Å². The molecule has 110 valence electrons. The van der Waals surface area contributed by atoms with Crippen molar-refractivity contribution in [2.75, 3.05) is 5.73 Å². The summed E-state index contributed by atoms with van der Waals surface area (Å²) in [5.74, 6) is -0.532. The molecule has 0 aliphatic heterocycles. The lowest BCUT2D eigenvalue weighted by atomic mass is 10.1. The number of sulfonamides is 1. The molecule has 2 aromatic rings. The second-order valence-electron chi connectivity index (χ2n) is 4.53. The predicted molar refractivity (Wildman–Crippen MR) is 81.9 cm³/mol. The van der Waals surface area contributed by atoms with E-state index in [1.54, 1.807) is 25.1 Å². The minimum absolute atomic E-state index is 0.0527. The molecule has 2 aromatic carbocycles. The average Bonchev–Trinajstić information content (AvgIpc) is 2.47. The van der Waals surface area contributed by atoms with Gasteiger partial charge >= 0.3 is 0 Å². The largest absolute Gasteiger partial charge is 0.399 e. The van der Waals surface area contributed by atoms with Crippen LogP contribution < -0.4 is 10.5 Å². The van der Waals surface area contributed by atoms with Gasteiger partial charge in [-0.2, -0.15) is 0 Å². The number of benzene rings is 2. The summed E-state index contributed by atoms with van der Waals surface area (Å²) in [5.41, 5.74) is 8.11. The van der Waals surface area contributed by atoms with Gasteiger partial charge in [0.05, 0.1) is 4.90 Å². The topological polar surface area (TPSA) is 89.3 Å². The summed E-state index contributed by atoms with van der Waals surface area (Å²) < 4.78 is 25.9. The third-order valence-corrected chi connectivity index (χ3v) is 4.34. The van der Waals surface area contributed by atoms with Gasteiger partial charge in [0.25, 0.3) is 10.0 Å². The van der Waals surface area contributed by atoms with Crippen molar-refractivity contribution in [2.45, 2.75) is 18.2 Å². The maximum Gasteiger partial charge on any atom is 0.264 e. The molecule has 0 aromatic heterocycles. The Morgan fingerprint density at radius 3 is 2.33 bits per heavy atom. The predicted octanol–water partition coefficient (Wildman–Crippen LogP) is 2.15. The maximum absolute atomic E-state index is 12.0. The minimum atomic E-state index is -3.80. The zero-order chi connectivity index (χ0) is 15.5. The van der Waals surface area contributed by atoms with Crippen molar-refractivity contribution < 1.29 is 13.2 Å². The van der Waals surface area contributed by atoms with E-state index in [2.05, 4.69) is 0 Å². The van der Waals surface area contributed by atoms with Crippen molar-refractivity contribution in [2.24, 2.45) is 0 Å². The van der Waals surface area contributed by atoms with E-state index < -0.39 is 15.9 Å². The molecule has 0 atom stereocenters. The van der Waals surface area contributed by atoms with Gasteiger partial charge in [-0.25, -0.2) is 13.1 Å². The van der Waals surface area contributed by atoms with Gasteiger partial charge in [-0.1, -0.05) is 31.2 Å². The number of hydrogen-bond donors (Lipinski definition) is 2. The molecule has 0 spiro atoms. The summed E-state index contributed by atoms with van der Waals surface area (Å²) in [7, 11) is -3.80. The van der Waals surface area contributed by atoms with Crippen molar-refractivity contribution in [3.05, 3.63) is 48.5 Å². The lowest BCUT2D eigenvalue weighted by molar-refractivity contribution is -0.119. The fraction of sp³-hybridized carbons (Fsp3) is 0.133. The molecule has 0 radical (unpaired) electrons. The molecule has 0 unspecified atom stereocenters. The molecule has 0 saturated heterocycles. The minimum Gasteiger partial charge on any atom is -0.399 e. The highest BCUT2D eigenvalue weighted by atomic mass is 32.2. The zero-order valence-electron chi connectivity index (χ0n) is 11.5. The lowest BCUT2D eigenvalue weighted by Crippen LogP contribution is -2.29. The molecule has 0 aliphatic carbocycles. The summed E-state index contributed by atoms with van der Waals surface area (Å²) >= 11 is 0. The van der Waals surface area contributed by atoms with Crippen LogP contribution in [-0.2, 0) is 14.8 Å². The Kier molecular flexibility index (Phi) is 4.28. The molecule has 5 nitrogen and oxygen atoms in total. The Hall–Kier alpha value is -2.34. The molecule has 2 rings (SSSR count). The van der Waals surface area contributed by atoms with Crippen LogP contribution in [-0.4, -0.2) is 14.3 Å². The summed E-state index contributed by atoms with van der Waals surface area (Å²) in [5, 5.41) is 0. The second-order valence-corrected chi connectivity index (χ2v) is 6.21. The van der Waals surface area contributed by atoms with Crippen LogP contribution in [0.3, 0.4) is 0 Å². The molecule has 21 heavy (non-hydrogen) atoms. The molecule has 3 N–H and O–H groups in total. The van der Waals surface area contributed by atoms with E-state index >= 15 is 0 Å². The van der Waals surface area contributed by atoms with Crippen molar-refractivity contribution in [3.63, 3.8) is 0 Å². The number of hydrogen-bond acceptors (Lipinski definition) is 4. The van der Waals surface area contributed by atoms with E-state index in [9.17, 15) is 13.2 Å². The number of carbonyl (C=O) groups excluding carboxylic acids is 1. The molecule has 0 aliphatic rings. The first-order valence-corrected chi connectivity index (χ1v) is 7.92. The molecule has 0 bridgehead atoms. The van der Waals surface area contributed by atoms with Crippen molar-refractivity contribution in [3.8, 4) is 11.1 Å². The van der Waals surface area contributed by atoms with Crippen molar-refractivity contribution in [1.29, 1.82) is 0 Å². The lowest BCUT2D eigenvalue weighted by Gasteiger charge is -2.07. The van der Waals surface area contributed by atoms with Crippen LogP contribution in [0.25, 0.3) is 11.1 Å². The highest BCUT2D eigenvalue weighted by Crippen LogP contribution is 2.23. The summed E-state index contributed by atoms with van der Waals surface area (Å²) in [6, 6.07) is 13.6. The number of anilines is 1. The number of carbonyl (C=O) groups is 1. The maximum atomic E-state index is 12.0. The van der Waals surface area contributed by atoms with Gasteiger partial charge in [-0.15, -0.1) is 0 Å². The molecule has 0 fully saturated rings. The monoisotopic (exact) mass is 304 g/mol. The second kappa shape index (κ2) is 5.97.